The van der Waals surface area contributed by atoms with Crippen LogP contribution in [0.1, 0.15) is 16.6 Å². The lowest BCUT2D eigenvalue weighted by atomic mass is 10.2. The SMILES string of the molecule is O=C(NCc1ccccc1F)C(=O)NC[C@@H](c1ccco1)S(=O)(=O)c1ccc(F)cc1. The summed E-state index contributed by atoms with van der Waals surface area (Å²) in [6.07, 6.45) is 1.27. The van der Waals surface area contributed by atoms with Gasteiger partial charge in [0.1, 0.15) is 22.6 Å². The van der Waals surface area contributed by atoms with E-state index in [2.05, 4.69) is 10.6 Å². The van der Waals surface area contributed by atoms with Gasteiger partial charge in [-0.2, -0.15) is 0 Å². The molecule has 3 aromatic rings. The molecule has 0 bridgehead atoms. The summed E-state index contributed by atoms with van der Waals surface area (Å²) in [5.41, 5.74) is 0.191. The third-order valence-corrected chi connectivity index (χ3v) is 6.51. The molecule has 162 valence electrons. The molecule has 1 atom stereocenters. The number of benzene rings is 2. The highest BCUT2D eigenvalue weighted by Gasteiger charge is 2.32. The number of hydrogen-bond donors (Lipinski definition) is 2. The molecule has 2 N–H and O–H groups in total. The molecular weight excluding hydrogens is 430 g/mol. The Labute approximate surface area is 177 Å². The summed E-state index contributed by atoms with van der Waals surface area (Å²) in [6, 6.07) is 12.8. The van der Waals surface area contributed by atoms with Gasteiger partial charge in [-0.3, -0.25) is 9.59 Å². The topological polar surface area (TPSA) is 105 Å². The van der Waals surface area contributed by atoms with Crippen molar-refractivity contribution in [3.63, 3.8) is 0 Å². The number of carbonyl (C=O) groups is 2. The number of hydrogen-bond acceptors (Lipinski definition) is 5. The number of sulfone groups is 1. The molecule has 0 saturated carbocycles. The second kappa shape index (κ2) is 9.52. The predicted molar refractivity (Wildman–Crippen MR) is 106 cm³/mol. The number of furan rings is 1. The van der Waals surface area contributed by atoms with Gasteiger partial charge in [-0.1, -0.05) is 18.2 Å². The molecule has 1 heterocycles. The summed E-state index contributed by atoms with van der Waals surface area (Å²) in [7, 11) is -4.08. The summed E-state index contributed by atoms with van der Waals surface area (Å²) < 4.78 is 58.0. The maximum Gasteiger partial charge on any atom is 0.309 e. The van der Waals surface area contributed by atoms with E-state index in [1.165, 1.54) is 36.6 Å². The maximum absolute atomic E-state index is 13.6. The fraction of sp³-hybridized carbons (Fsp3) is 0.143. The van der Waals surface area contributed by atoms with Crippen LogP contribution < -0.4 is 10.6 Å². The van der Waals surface area contributed by atoms with E-state index < -0.39 is 45.1 Å². The first-order valence-corrected chi connectivity index (χ1v) is 10.7. The number of amides is 2. The van der Waals surface area contributed by atoms with Crippen molar-refractivity contribution < 1.29 is 31.2 Å². The zero-order valence-corrected chi connectivity index (χ0v) is 16.9. The molecule has 0 unspecified atom stereocenters. The Morgan fingerprint density at radius 3 is 2.23 bits per heavy atom. The van der Waals surface area contributed by atoms with Gasteiger partial charge in [0.15, 0.2) is 9.84 Å². The first-order valence-electron chi connectivity index (χ1n) is 9.11. The van der Waals surface area contributed by atoms with Gasteiger partial charge in [-0.15, -0.1) is 0 Å². The van der Waals surface area contributed by atoms with E-state index in [0.29, 0.717) is 0 Å². The van der Waals surface area contributed by atoms with Crippen molar-refractivity contribution in [2.24, 2.45) is 0 Å². The molecule has 31 heavy (non-hydrogen) atoms. The molecule has 7 nitrogen and oxygen atoms in total. The molecule has 3 rings (SSSR count). The molecule has 0 aliphatic rings. The molecule has 2 amide bonds. The first kappa shape index (κ1) is 22.2. The van der Waals surface area contributed by atoms with Crippen LogP contribution in [0.2, 0.25) is 0 Å². The van der Waals surface area contributed by atoms with Crippen LogP contribution in [-0.2, 0) is 26.0 Å². The van der Waals surface area contributed by atoms with Crippen molar-refractivity contribution in [1.29, 1.82) is 0 Å². The van der Waals surface area contributed by atoms with Crippen LogP contribution >= 0.6 is 0 Å². The van der Waals surface area contributed by atoms with Crippen molar-refractivity contribution in [2.45, 2.75) is 16.7 Å². The van der Waals surface area contributed by atoms with Crippen LogP contribution in [0.4, 0.5) is 8.78 Å². The minimum Gasteiger partial charge on any atom is -0.468 e. The normalized spacial score (nSPS) is 12.2. The molecule has 1 aromatic heterocycles. The zero-order valence-electron chi connectivity index (χ0n) is 16.0. The van der Waals surface area contributed by atoms with Crippen LogP contribution in [0.25, 0.3) is 0 Å². The Balaban J connectivity index is 1.69. The summed E-state index contributed by atoms with van der Waals surface area (Å²) >= 11 is 0. The minimum atomic E-state index is -4.08. The Bertz CT molecular complexity index is 1160. The Morgan fingerprint density at radius 1 is 0.903 bits per heavy atom. The monoisotopic (exact) mass is 448 g/mol. The lowest BCUT2D eigenvalue weighted by molar-refractivity contribution is -0.139. The van der Waals surface area contributed by atoms with Gasteiger partial charge in [-0.05, 0) is 42.5 Å². The van der Waals surface area contributed by atoms with Crippen LogP contribution in [-0.4, -0.2) is 26.8 Å². The number of nitrogens with one attached hydrogen (secondary N) is 2. The van der Waals surface area contributed by atoms with Crippen molar-refractivity contribution >= 4 is 21.7 Å². The van der Waals surface area contributed by atoms with Crippen molar-refractivity contribution in [2.75, 3.05) is 6.54 Å². The van der Waals surface area contributed by atoms with E-state index in [4.69, 9.17) is 4.42 Å². The molecule has 0 saturated heterocycles. The van der Waals surface area contributed by atoms with Gasteiger partial charge < -0.3 is 15.1 Å². The Hall–Kier alpha value is -3.53. The van der Waals surface area contributed by atoms with Crippen LogP contribution in [0, 0.1) is 11.6 Å². The quantitative estimate of drug-likeness (QED) is 0.427. The number of halogens is 2. The van der Waals surface area contributed by atoms with Crippen molar-refractivity contribution in [3.05, 3.63) is 89.9 Å². The molecule has 0 aliphatic heterocycles. The van der Waals surface area contributed by atoms with Gasteiger partial charge >= 0.3 is 11.8 Å². The van der Waals surface area contributed by atoms with E-state index in [1.54, 1.807) is 6.07 Å². The summed E-state index contributed by atoms with van der Waals surface area (Å²) in [6.45, 7) is -0.687. The second-order valence-corrected chi connectivity index (χ2v) is 8.62. The van der Waals surface area contributed by atoms with Crippen LogP contribution in [0.15, 0.2) is 76.2 Å². The van der Waals surface area contributed by atoms with E-state index in [9.17, 15) is 26.8 Å². The van der Waals surface area contributed by atoms with E-state index in [0.717, 1.165) is 24.3 Å². The third kappa shape index (κ3) is 5.34. The van der Waals surface area contributed by atoms with Gasteiger partial charge in [0.25, 0.3) is 0 Å². The van der Waals surface area contributed by atoms with Gasteiger partial charge in [0.2, 0.25) is 0 Å². The highest BCUT2D eigenvalue weighted by molar-refractivity contribution is 7.91. The van der Waals surface area contributed by atoms with Gasteiger partial charge in [0, 0.05) is 18.7 Å². The standard InChI is InChI=1S/C21H18F2N2O5S/c22-15-7-9-16(10-8-15)31(28,29)19(18-6-3-11-30-18)13-25-21(27)20(26)24-12-14-4-1-2-5-17(14)23/h1-11,19H,12-13H2,(H,24,26)(H,25,27)/t19-/m0/s1. The Morgan fingerprint density at radius 2 is 1.58 bits per heavy atom. The van der Waals surface area contributed by atoms with Crippen molar-refractivity contribution in [3.8, 4) is 0 Å². The first-order chi connectivity index (χ1) is 14.8. The average Bonchev–Trinajstić information content (AvgIpc) is 3.27. The zero-order chi connectivity index (χ0) is 22.4. The summed E-state index contributed by atoms with van der Waals surface area (Å²) in [5.74, 6) is -3.25. The molecule has 0 spiro atoms. The predicted octanol–water partition coefficient (Wildman–Crippen LogP) is 2.51. The maximum atomic E-state index is 13.6. The molecule has 0 fully saturated rings. The molecular formula is C21H18F2N2O5S. The van der Waals surface area contributed by atoms with Crippen LogP contribution in [0.5, 0.6) is 0 Å². The minimum absolute atomic E-state index is 0.0383. The second-order valence-electron chi connectivity index (χ2n) is 6.49. The molecule has 10 heteroatoms. The summed E-state index contributed by atoms with van der Waals surface area (Å²) in [5, 5.41) is 3.17. The van der Waals surface area contributed by atoms with Crippen molar-refractivity contribution in [1.82, 2.24) is 10.6 Å². The van der Waals surface area contributed by atoms with Gasteiger partial charge in [-0.25, -0.2) is 17.2 Å². The average molecular weight is 448 g/mol. The Kier molecular flexibility index (Phi) is 6.81. The van der Waals surface area contributed by atoms with Crippen LogP contribution in [0.3, 0.4) is 0 Å². The molecule has 0 aliphatic carbocycles. The number of rotatable bonds is 7. The van der Waals surface area contributed by atoms with E-state index >= 15 is 0 Å². The lowest BCUT2D eigenvalue weighted by Gasteiger charge is -2.16. The highest BCUT2D eigenvalue weighted by Crippen LogP contribution is 2.29. The fourth-order valence-corrected chi connectivity index (χ4v) is 4.38. The summed E-state index contributed by atoms with van der Waals surface area (Å²) in [4.78, 5) is 24.0. The molecule has 2 aromatic carbocycles. The third-order valence-electron chi connectivity index (χ3n) is 4.43. The van der Waals surface area contributed by atoms with E-state index in [-0.39, 0.29) is 22.8 Å². The number of carbonyl (C=O) groups excluding carboxylic acids is 2. The smallest absolute Gasteiger partial charge is 0.309 e. The largest absolute Gasteiger partial charge is 0.468 e. The molecule has 0 radical (unpaired) electrons. The van der Waals surface area contributed by atoms with E-state index in [1.807, 2.05) is 0 Å². The fourth-order valence-electron chi connectivity index (χ4n) is 2.79. The highest BCUT2D eigenvalue weighted by atomic mass is 32.2. The van der Waals surface area contributed by atoms with Gasteiger partial charge in [0.05, 0.1) is 11.2 Å². The lowest BCUT2D eigenvalue weighted by Crippen LogP contribution is -2.42.